The van der Waals surface area contributed by atoms with Crippen molar-refractivity contribution in [3.05, 3.63) is 35.9 Å². The molecule has 0 aliphatic heterocycles. The molecule has 6 nitrogen and oxygen atoms in total. The molecule has 7 heteroatoms. The maximum atomic E-state index is 12.5. The van der Waals surface area contributed by atoms with Crippen LogP contribution in [0.25, 0.3) is 0 Å². The van der Waals surface area contributed by atoms with E-state index in [1.807, 2.05) is 0 Å². The van der Waals surface area contributed by atoms with Gasteiger partial charge in [0.05, 0.1) is 0 Å². The summed E-state index contributed by atoms with van der Waals surface area (Å²) in [5.74, 6) is -0.942. The normalized spacial score (nSPS) is 9.93. The van der Waals surface area contributed by atoms with Crippen LogP contribution in [0.4, 0.5) is 10.1 Å². The van der Waals surface area contributed by atoms with Crippen molar-refractivity contribution in [3.8, 4) is 0 Å². The second kappa shape index (κ2) is 3.82. The van der Waals surface area contributed by atoms with Crippen LogP contribution in [0.1, 0.15) is 10.6 Å². The summed E-state index contributed by atoms with van der Waals surface area (Å²) in [5.41, 5.74) is 0.464. The molecule has 2 aromatic rings. The first kappa shape index (κ1) is 9.25. The standard InChI is InChI=1S/C8H6FN5O/c9-5-1-3-6(4-2-5)10-8(15)7-11-13-14-12-7/h1-4H,(H,10,15)(H,11,12,13,14). The van der Waals surface area contributed by atoms with E-state index in [4.69, 9.17) is 0 Å². The third-order valence-corrected chi connectivity index (χ3v) is 1.65. The SMILES string of the molecule is O=C(Nc1ccc(F)cc1)c1nn[nH]n1. The Morgan fingerprint density at radius 2 is 2.07 bits per heavy atom. The number of nitrogens with one attached hydrogen (secondary N) is 2. The highest BCUT2D eigenvalue weighted by atomic mass is 19.1. The summed E-state index contributed by atoms with van der Waals surface area (Å²) in [6.45, 7) is 0. The molecule has 0 aliphatic rings. The van der Waals surface area contributed by atoms with Crippen molar-refractivity contribution >= 4 is 11.6 Å². The Kier molecular flexibility index (Phi) is 2.36. The summed E-state index contributed by atoms with van der Waals surface area (Å²) >= 11 is 0. The average Bonchev–Trinajstić information content (AvgIpc) is 2.74. The third kappa shape index (κ3) is 2.13. The molecule has 0 aliphatic carbocycles. The molecular weight excluding hydrogens is 201 g/mol. The number of carbonyl (C=O) groups is 1. The molecule has 0 saturated heterocycles. The number of hydrogen-bond acceptors (Lipinski definition) is 4. The molecule has 0 spiro atoms. The quantitative estimate of drug-likeness (QED) is 0.754. The lowest BCUT2D eigenvalue weighted by atomic mass is 10.3. The fourth-order valence-electron chi connectivity index (χ4n) is 0.978. The lowest BCUT2D eigenvalue weighted by molar-refractivity contribution is 0.101. The predicted molar refractivity (Wildman–Crippen MR) is 48.5 cm³/mol. The lowest BCUT2D eigenvalue weighted by Gasteiger charge is -2.00. The number of amides is 1. The molecular formula is C8H6FN5O. The molecule has 0 atom stereocenters. The second-order valence-corrected chi connectivity index (χ2v) is 2.70. The summed E-state index contributed by atoms with van der Waals surface area (Å²) in [6.07, 6.45) is 0. The van der Waals surface area contributed by atoms with Crippen LogP contribution >= 0.6 is 0 Å². The molecule has 1 heterocycles. The first-order valence-electron chi connectivity index (χ1n) is 4.06. The molecule has 0 radical (unpaired) electrons. The van der Waals surface area contributed by atoms with Crippen molar-refractivity contribution in [2.24, 2.45) is 0 Å². The minimum Gasteiger partial charge on any atom is -0.319 e. The van der Waals surface area contributed by atoms with Gasteiger partial charge in [0.15, 0.2) is 0 Å². The number of aromatic amines is 1. The van der Waals surface area contributed by atoms with Gasteiger partial charge in [0.2, 0.25) is 0 Å². The maximum absolute atomic E-state index is 12.5. The van der Waals surface area contributed by atoms with Gasteiger partial charge in [-0.25, -0.2) is 4.39 Å². The molecule has 1 amide bonds. The van der Waals surface area contributed by atoms with E-state index < -0.39 is 5.91 Å². The second-order valence-electron chi connectivity index (χ2n) is 2.70. The fourth-order valence-corrected chi connectivity index (χ4v) is 0.978. The largest absolute Gasteiger partial charge is 0.319 e. The minimum absolute atomic E-state index is 0.0701. The van der Waals surface area contributed by atoms with Gasteiger partial charge in [-0.1, -0.05) is 0 Å². The monoisotopic (exact) mass is 207 g/mol. The number of carbonyl (C=O) groups excluding carboxylic acids is 1. The lowest BCUT2D eigenvalue weighted by Crippen LogP contribution is -2.13. The zero-order chi connectivity index (χ0) is 10.7. The number of rotatable bonds is 2. The van der Waals surface area contributed by atoms with E-state index in [1.165, 1.54) is 24.3 Å². The van der Waals surface area contributed by atoms with E-state index in [0.29, 0.717) is 5.69 Å². The molecule has 76 valence electrons. The number of nitrogens with zero attached hydrogens (tertiary/aromatic N) is 3. The van der Waals surface area contributed by atoms with Gasteiger partial charge in [0.1, 0.15) is 5.82 Å². The fraction of sp³-hybridized carbons (Fsp3) is 0. The van der Waals surface area contributed by atoms with Crippen molar-refractivity contribution in [1.82, 2.24) is 20.6 Å². The summed E-state index contributed by atoms with van der Waals surface area (Å²) in [6, 6.07) is 5.36. The minimum atomic E-state index is -0.504. The predicted octanol–water partition coefficient (Wildman–Crippen LogP) is 0.591. The van der Waals surface area contributed by atoms with Crippen molar-refractivity contribution in [2.45, 2.75) is 0 Å². The molecule has 1 aromatic heterocycles. The first-order valence-corrected chi connectivity index (χ1v) is 4.06. The topological polar surface area (TPSA) is 83.6 Å². The summed E-state index contributed by atoms with van der Waals surface area (Å²) in [7, 11) is 0. The molecule has 0 unspecified atom stereocenters. The summed E-state index contributed by atoms with van der Waals surface area (Å²) in [5, 5.41) is 14.9. The molecule has 2 N–H and O–H groups in total. The summed E-state index contributed by atoms with van der Waals surface area (Å²) in [4.78, 5) is 11.4. The number of hydrogen-bond donors (Lipinski definition) is 2. The number of tetrazole rings is 1. The Hall–Kier alpha value is -2.31. The van der Waals surface area contributed by atoms with E-state index in [9.17, 15) is 9.18 Å². The number of anilines is 1. The Morgan fingerprint density at radius 1 is 1.33 bits per heavy atom. The number of benzene rings is 1. The van der Waals surface area contributed by atoms with Crippen LogP contribution in [0.3, 0.4) is 0 Å². The van der Waals surface area contributed by atoms with Crippen molar-refractivity contribution < 1.29 is 9.18 Å². The first-order chi connectivity index (χ1) is 7.25. The van der Waals surface area contributed by atoms with Crippen LogP contribution in [-0.2, 0) is 0 Å². The van der Waals surface area contributed by atoms with Gasteiger partial charge >= 0.3 is 0 Å². The van der Waals surface area contributed by atoms with Crippen LogP contribution in [0.5, 0.6) is 0 Å². The molecule has 2 rings (SSSR count). The Balaban J connectivity index is 2.09. The van der Waals surface area contributed by atoms with E-state index in [2.05, 4.69) is 25.9 Å². The van der Waals surface area contributed by atoms with Gasteiger partial charge in [-0.3, -0.25) is 4.79 Å². The third-order valence-electron chi connectivity index (χ3n) is 1.65. The van der Waals surface area contributed by atoms with Gasteiger partial charge in [-0.15, -0.1) is 10.2 Å². The van der Waals surface area contributed by atoms with Crippen molar-refractivity contribution in [1.29, 1.82) is 0 Å². The van der Waals surface area contributed by atoms with Crippen LogP contribution in [0.2, 0.25) is 0 Å². The van der Waals surface area contributed by atoms with Crippen molar-refractivity contribution in [3.63, 3.8) is 0 Å². The van der Waals surface area contributed by atoms with Gasteiger partial charge in [-0.05, 0) is 29.5 Å². The zero-order valence-corrected chi connectivity index (χ0v) is 7.44. The molecule has 1 aromatic carbocycles. The Labute approximate surface area is 83.5 Å². The van der Waals surface area contributed by atoms with Gasteiger partial charge in [0, 0.05) is 5.69 Å². The Morgan fingerprint density at radius 3 is 2.67 bits per heavy atom. The highest BCUT2D eigenvalue weighted by molar-refractivity contribution is 6.01. The molecule has 0 bridgehead atoms. The van der Waals surface area contributed by atoms with Crippen molar-refractivity contribution in [2.75, 3.05) is 5.32 Å². The Bertz CT molecular complexity index is 452. The van der Waals surface area contributed by atoms with Crippen LogP contribution in [-0.4, -0.2) is 26.5 Å². The number of aromatic nitrogens is 4. The van der Waals surface area contributed by atoms with E-state index in [0.717, 1.165) is 0 Å². The molecule has 0 saturated carbocycles. The van der Waals surface area contributed by atoms with E-state index in [1.54, 1.807) is 0 Å². The zero-order valence-electron chi connectivity index (χ0n) is 7.44. The molecule has 15 heavy (non-hydrogen) atoms. The smallest absolute Gasteiger partial charge is 0.297 e. The highest BCUT2D eigenvalue weighted by Gasteiger charge is 2.10. The van der Waals surface area contributed by atoms with Crippen LogP contribution < -0.4 is 5.32 Å². The van der Waals surface area contributed by atoms with Gasteiger partial charge in [0.25, 0.3) is 11.7 Å². The van der Waals surface area contributed by atoms with Gasteiger partial charge in [-0.2, -0.15) is 5.21 Å². The number of H-pyrrole nitrogens is 1. The van der Waals surface area contributed by atoms with E-state index in [-0.39, 0.29) is 11.6 Å². The van der Waals surface area contributed by atoms with Gasteiger partial charge < -0.3 is 5.32 Å². The number of halogens is 1. The van der Waals surface area contributed by atoms with E-state index >= 15 is 0 Å². The maximum Gasteiger partial charge on any atom is 0.297 e. The summed E-state index contributed by atoms with van der Waals surface area (Å²) < 4.78 is 12.5. The van der Waals surface area contributed by atoms with Crippen LogP contribution in [0, 0.1) is 5.82 Å². The molecule has 0 fully saturated rings. The highest BCUT2D eigenvalue weighted by Crippen LogP contribution is 2.08. The average molecular weight is 207 g/mol. The van der Waals surface area contributed by atoms with Crippen LogP contribution in [0.15, 0.2) is 24.3 Å².